The number of aryl methyl sites for hydroxylation is 1. The van der Waals surface area contributed by atoms with Crippen molar-refractivity contribution in [2.75, 3.05) is 5.73 Å². The lowest BCUT2D eigenvalue weighted by molar-refractivity contribution is 0.475. The Labute approximate surface area is 100 Å². The Morgan fingerprint density at radius 3 is 2.41 bits per heavy atom. The predicted octanol–water partition coefficient (Wildman–Crippen LogP) is 2.30. The smallest absolute Gasteiger partial charge is 0.161 e. The molecule has 1 aromatic carbocycles. The Hall–Kier alpha value is -2.10. The monoisotopic (exact) mass is 229 g/mol. The van der Waals surface area contributed by atoms with Crippen LogP contribution in [-0.2, 0) is 6.42 Å². The van der Waals surface area contributed by atoms with Crippen LogP contribution in [0.5, 0.6) is 5.75 Å². The first-order valence-electron chi connectivity index (χ1n) is 5.54. The second kappa shape index (κ2) is 4.41. The van der Waals surface area contributed by atoms with Crippen LogP contribution in [0.3, 0.4) is 0 Å². The zero-order chi connectivity index (χ0) is 12.4. The fourth-order valence-corrected chi connectivity index (χ4v) is 1.67. The number of hydrogen-bond donors (Lipinski definition) is 2. The standard InChI is InChI=1S/C13H15N3O/c1-3-11-8(2)12(14)16-13(15-11)9-4-6-10(17)7-5-9/h4-7,17H,3H2,1-2H3,(H2,14,15,16). The highest BCUT2D eigenvalue weighted by molar-refractivity contribution is 5.59. The van der Waals surface area contributed by atoms with Gasteiger partial charge >= 0.3 is 0 Å². The number of nitrogens with zero attached hydrogens (tertiary/aromatic N) is 2. The number of benzene rings is 1. The average Bonchev–Trinajstić information content (AvgIpc) is 2.33. The minimum Gasteiger partial charge on any atom is -0.508 e. The van der Waals surface area contributed by atoms with Crippen molar-refractivity contribution in [2.24, 2.45) is 0 Å². The Bertz CT molecular complexity index is 535. The Kier molecular flexibility index (Phi) is 2.95. The molecule has 0 atom stereocenters. The van der Waals surface area contributed by atoms with Gasteiger partial charge in [0.05, 0.1) is 0 Å². The van der Waals surface area contributed by atoms with E-state index >= 15 is 0 Å². The van der Waals surface area contributed by atoms with Gasteiger partial charge in [-0.25, -0.2) is 9.97 Å². The van der Waals surface area contributed by atoms with E-state index in [-0.39, 0.29) is 5.75 Å². The summed E-state index contributed by atoms with van der Waals surface area (Å²) in [7, 11) is 0. The van der Waals surface area contributed by atoms with E-state index in [9.17, 15) is 5.11 Å². The van der Waals surface area contributed by atoms with Crippen LogP contribution < -0.4 is 5.73 Å². The van der Waals surface area contributed by atoms with Gasteiger partial charge in [0, 0.05) is 16.8 Å². The topological polar surface area (TPSA) is 72.0 Å². The highest BCUT2D eigenvalue weighted by Gasteiger charge is 2.08. The molecule has 0 unspecified atom stereocenters. The number of hydrogen-bond acceptors (Lipinski definition) is 4. The van der Waals surface area contributed by atoms with E-state index in [1.54, 1.807) is 24.3 Å². The summed E-state index contributed by atoms with van der Waals surface area (Å²) in [5, 5.41) is 9.24. The molecule has 0 spiro atoms. The number of aromatic nitrogens is 2. The van der Waals surface area contributed by atoms with Crippen LogP contribution in [0, 0.1) is 6.92 Å². The van der Waals surface area contributed by atoms with Crippen LogP contribution in [0.25, 0.3) is 11.4 Å². The molecule has 0 aliphatic carbocycles. The third-order valence-electron chi connectivity index (χ3n) is 2.74. The molecule has 88 valence electrons. The van der Waals surface area contributed by atoms with Gasteiger partial charge in [0.15, 0.2) is 5.82 Å². The maximum atomic E-state index is 9.24. The Morgan fingerprint density at radius 1 is 1.18 bits per heavy atom. The molecular weight excluding hydrogens is 214 g/mol. The van der Waals surface area contributed by atoms with Crippen molar-refractivity contribution in [1.82, 2.24) is 9.97 Å². The quantitative estimate of drug-likeness (QED) is 0.828. The van der Waals surface area contributed by atoms with Crippen LogP contribution in [0.4, 0.5) is 5.82 Å². The molecule has 0 radical (unpaired) electrons. The van der Waals surface area contributed by atoms with Crippen LogP contribution in [0.15, 0.2) is 24.3 Å². The molecule has 2 aromatic rings. The van der Waals surface area contributed by atoms with Crippen LogP contribution in [-0.4, -0.2) is 15.1 Å². The van der Waals surface area contributed by atoms with E-state index in [1.807, 2.05) is 13.8 Å². The summed E-state index contributed by atoms with van der Waals surface area (Å²) in [4.78, 5) is 8.75. The van der Waals surface area contributed by atoms with Gasteiger partial charge in [-0.15, -0.1) is 0 Å². The van der Waals surface area contributed by atoms with Gasteiger partial charge in [0.25, 0.3) is 0 Å². The molecule has 0 fully saturated rings. The van der Waals surface area contributed by atoms with Gasteiger partial charge in [-0.2, -0.15) is 0 Å². The zero-order valence-electron chi connectivity index (χ0n) is 9.94. The molecule has 4 heteroatoms. The molecule has 0 aliphatic rings. The van der Waals surface area contributed by atoms with Crippen molar-refractivity contribution in [3.8, 4) is 17.1 Å². The number of anilines is 1. The SMILES string of the molecule is CCc1nc(-c2ccc(O)cc2)nc(N)c1C. The van der Waals surface area contributed by atoms with E-state index < -0.39 is 0 Å². The maximum absolute atomic E-state index is 9.24. The first kappa shape index (κ1) is 11.4. The predicted molar refractivity (Wildman–Crippen MR) is 67.7 cm³/mol. The molecule has 1 heterocycles. The highest BCUT2D eigenvalue weighted by atomic mass is 16.3. The van der Waals surface area contributed by atoms with Crippen molar-refractivity contribution in [3.05, 3.63) is 35.5 Å². The molecular formula is C13H15N3O. The molecule has 1 aromatic heterocycles. The first-order chi connectivity index (χ1) is 8.11. The molecule has 0 saturated carbocycles. The Morgan fingerprint density at radius 2 is 1.82 bits per heavy atom. The fraction of sp³-hybridized carbons (Fsp3) is 0.231. The van der Waals surface area contributed by atoms with E-state index in [4.69, 9.17) is 5.73 Å². The minimum absolute atomic E-state index is 0.226. The molecule has 0 amide bonds. The summed E-state index contributed by atoms with van der Waals surface area (Å²) < 4.78 is 0. The van der Waals surface area contributed by atoms with E-state index in [1.165, 1.54) is 0 Å². The van der Waals surface area contributed by atoms with Gasteiger partial charge < -0.3 is 10.8 Å². The van der Waals surface area contributed by atoms with E-state index in [0.717, 1.165) is 23.2 Å². The number of aromatic hydroxyl groups is 1. The molecule has 0 aliphatic heterocycles. The van der Waals surface area contributed by atoms with E-state index in [0.29, 0.717) is 11.6 Å². The summed E-state index contributed by atoms with van der Waals surface area (Å²) in [5.41, 5.74) is 8.61. The lowest BCUT2D eigenvalue weighted by atomic mass is 10.1. The van der Waals surface area contributed by atoms with Gasteiger partial charge in [-0.05, 0) is 37.6 Å². The molecule has 0 saturated heterocycles. The number of nitrogen functional groups attached to an aromatic ring is 1. The minimum atomic E-state index is 0.226. The van der Waals surface area contributed by atoms with Crippen LogP contribution >= 0.6 is 0 Å². The second-order valence-electron chi connectivity index (χ2n) is 3.90. The summed E-state index contributed by atoms with van der Waals surface area (Å²) in [6.07, 6.45) is 0.823. The van der Waals surface area contributed by atoms with Crippen LogP contribution in [0.2, 0.25) is 0 Å². The molecule has 2 rings (SSSR count). The lowest BCUT2D eigenvalue weighted by Gasteiger charge is -2.08. The summed E-state index contributed by atoms with van der Waals surface area (Å²) in [5.74, 6) is 1.34. The third kappa shape index (κ3) is 2.20. The molecule has 0 bridgehead atoms. The number of nitrogens with two attached hydrogens (primary N) is 1. The molecule has 4 nitrogen and oxygen atoms in total. The van der Waals surface area contributed by atoms with E-state index in [2.05, 4.69) is 9.97 Å². The van der Waals surface area contributed by atoms with Crippen molar-refractivity contribution in [2.45, 2.75) is 20.3 Å². The second-order valence-corrected chi connectivity index (χ2v) is 3.90. The molecule has 3 N–H and O–H groups in total. The normalized spacial score (nSPS) is 10.5. The Balaban J connectivity index is 2.52. The van der Waals surface area contributed by atoms with Crippen molar-refractivity contribution < 1.29 is 5.11 Å². The molecule has 17 heavy (non-hydrogen) atoms. The van der Waals surface area contributed by atoms with Crippen molar-refractivity contribution in [1.29, 1.82) is 0 Å². The average molecular weight is 229 g/mol. The van der Waals surface area contributed by atoms with Gasteiger partial charge in [0.1, 0.15) is 11.6 Å². The number of phenols is 1. The zero-order valence-corrected chi connectivity index (χ0v) is 9.94. The van der Waals surface area contributed by atoms with Gasteiger partial charge in [0.2, 0.25) is 0 Å². The largest absolute Gasteiger partial charge is 0.508 e. The number of phenolic OH excluding ortho intramolecular Hbond substituents is 1. The first-order valence-corrected chi connectivity index (χ1v) is 5.54. The third-order valence-corrected chi connectivity index (χ3v) is 2.74. The lowest BCUT2D eigenvalue weighted by Crippen LogP contribution is -2.04. The fourth-order valence-electron chi connectivity index (χ4n) is 1.67. The number of rotatable bonds is 2. The van der Waals surface area contributed by atoms with Gasteiger partial charge in [-0.3, -0.25) is 0 Å². The van der Waals surface area contributed by atoms with Crippen LogP contribution in [0.1, 0.15) is 18.2 Å². The highest BCUT2D eigenvalue weighted by Crippen LogP contribution is 2.22. The van der Waals surface area contributed by atoms with Gasteiger partial charge in [-0.1, -0.05) is 6.92 Å². The maximum Gasteiger partial charge on any atom is 0.161 e. The van der Waals surface area contributed by atoms with Crippen molar-refractivity contribution >= 4 is 5.82 Å². The summed E-state index contributed by atoms with van der Waals surface area (Å²) in [6.45, 7) is 3.96. The van der Waals surface area contributed by atoms with Crippen molar-refractivity contribution in [3.63, 3.8) is 0 Å². The summed E-state index contributed by atoms with van der Waals surface area (Å²) in [6, 6.07) is 6.78. The summed E-state index contributed by atoms with van der Waals surface area (Å²) >= 11 is 0.